The van der Waals surface area contributed by atoms with Gasteiger partial charge < -0.3 is 30.7 Å². The predicted molar refractivity (Wildman–Crippen MR) is 158 cm³/mol. The Bertz CT molecular complexity index is 1740. The molecule has 0 amide bonds. The minimum absolute atomic E-state index is 0.0922. The van der Waals surface area contributed by atoms with Gasteiger partial charge in [0.2, 0.25) is 0 Å². The van der Waals surface area contributed by atoms with Crippen molar-refractivity contribution in [3.05, 3.63) is 39.5 Å². The minimum atomic E-state index is -0.403. The van der Waals surface area contributed by atoms with Crippen molar-refractivity contribution in [3.63, 3.8) is 0 Å². The van der Waals surface area contributed by atoms with Crippen molar-refractivity contribution in [2.75, 3.05) is 50.0 Å². The summed E-state index contributed by atoms with van der Waals surface area (Å²) in [7, 11) is 0. The van der Waals surface area contributed by atoms with Crippen LogP contribution in [-0.4, -0.2) is 72.1 Å². The number of nitrogens with one attached hydrogen (secondary N) is 2. The van der Waals surface area contributed by atoms with Crippen LogP contribution in [0.2, 0.25) is 5.02 Å². The van der Waals surface area contributed by atoms with Gasteiger partial charge in [-0.15, -0.1) is 0 Å². The molecule has 8 rings (SSSR count). The number of nitrogens with zero attached hydrogens (tertiary/aromatic N) is 4. The quantitative estimate of drug-likeness (QED) is 0.318. The summed E-state index contributed by atoms with van der Waals surface area (Å²) in [5, 5.41) is 8.37. The fraction of sp³-hybridized carbons (Fsp3) is 0.464. The highest BCUT2D eigenvalue weighted by Gasteiger charge is 2.37. The van der Waals surface area contributed by atoms with Crippen LogP contribution in [0.1, 0.15) is 25.3 Å². The van der Waals surface area contributed by atoms with Gasteiger partial charge >= 0.3 is 5.69 Å². The Morgan fingerprint density at radius 3 is 2.83 bits per heavy atom. The highest BCUT2D eigenvalue weighted by Crippen LogP contribution is 2.49. The van der Waals surface area contributed by atoms with E-state index in [0.717, 1.165) is 62.2 Å². The molecular formula is C28H29ClFN7O3S. The number of piperazine rings is 1. The molecule has 41 heavy (non-hydrogen) atoms. The molecule has 4 aliphatic rings. The zero-order chi connectivity index (χ0) is 27.8. The number of rotatable bonds is 5. The maximum atomic E-state index is 14.7. The van der Waals surface area contributed by atoms with E-state index in [1.807, 2.05) is 6.07 Å². The average molecular weight is 598 g/mol. The van der Waals surface area contributed by atoms with E-state index in [4.69, 9.17) is 26.8 Å². The summed E-state index contributed by atoms with van der Waals surface area (Å²) >= 11 is 8.13. The summed E-state index contributed by atoms with van der Waals surface area (Å²) in [6.07, 6.45) is 3.22. The summed E-state index contributed by atoms with van der Waals surface area (Å²) in [4.78, 5) is 25.1. The monoisotopic (exact) mass is 597 g/mol. The van der Waals surface area contributed by atoms with Crippen LogP contribution in [0.4, 0.5) is 15.3 Å². The average Bonchev–Trinajstić information content (AvgIpc) is 3.70. The molecule has 3 saturated heterocycles. The van der Waals surface area contributed by atoms with Crippen LogP contribution in [0, 0.1) is 5.82 Å². The summed E-state index contributed by atoms with van der Waals surface area (Å²) in [5.41, 5.74) is 7.82. The zero-order valence-electron chi connectivity index (χ0n) is 22.2. The standard InChI is InChI=1S/C28H29ClFN7O3S/c29-19-7-18-23-24(21(19)17-3-4-20(30)25-22(17)34-27(31)41-25)40-12-15(11-39-16-5-6-32-8-16)37(23)28(38)35-26(18)36-9-13-1-2-14(10-36)33-13/h3-4,7,13-16,32-33H,1-2,5-6,8-12H2,(H2,31,34)/t13?,14?,15-,16?/m0/s1. The molecule has 214 valence electrons. The van der Waals surface area contributed by atoms with E-state index >= 15 is 0 Å². The normalized spacial score (nSPS) is 25.4. The Hall–Kier alpha value is -3.03. The molecule has 6 heterocycles. The van der Waals surface area contributed by atoms with Crippen LogP contribution >= 0.6 is 22.9 Å². The van der Waals surface area contributed by atoms with Crippen LogP contribution in [0.25, 0.3) is 32.2 Å². The van der Waals surface area contributed by atoms with Crippen molar-refractivity contribution in [1.29, 1.82) is 0 Å². The summed E-state index contributed by atoms with van der Waals surface area (Å²) in [6.45, 7) is 3.74. The van der Waals surface area contributed by atoms with E-state index in [9.17, 15) is 9.18 Å². The van der Waals surface area contributed by atoms with Crippen molar-refractivity contribution >= 4 is 55.0 Å². The fourth-order valence-electron chi connectivity index (χ4n) is 6.86. The smallest absolute Gasteiger partial charge is 0.350 e. The first kappa shape index (κ1) is 25.7. The molecule has 10 nitrogen and oxygen atoms in total. The lowest BCUT2D eigenvalue weighted by Crippen LogP contribution is -2.52. The maximum absolute atomic E-state index is 14.7. The number of aromatic nitrogens is 3. The number of hydrogen-bond acceptors (Lipinski definition) is 10. The third-order valence-corrected chi connectivity index (χ3v) is 9.91. The van der Waals surface area contributed by atoms with E-state index in [2.05, 4.69) is 25.5 Å². The number of benzene rings is 2. The number of anilines is 2. The Morgan fingerprint density at radius 2 is 2.05 bits per heavy atom. The second-order valence-electron chi connectivity index (χ2n) is 11.3. The number of hydrogen-bond donors (Lipinski definition) is 3. The lowest BCUT2D eigenvalue weighted by Gasteiger charge is -2.36. The molecule has 4 aromatic rings. The molecule has 3 fully saturated rings. The van der Waals surface area contributed by atoms with Crippen molar-refractivity contribution < 1.29 is 13.9 Å². The van der Waals surface area contributed by atoms with Crippen LogP contribution < -0.4 is 31.7 Å². The number of nitrogen functional groups attached to an aromatic ring is 1. The SMILES string of the molecule is Nc1nc2c(-c3c(Cl)cc4c(N5CC6CCC(C5)N6)nc(=O)n5c4c3OC[C@@H]5COC3CCNC3)ccc(F)c2s1. The lowest BCUT2D eigenvalue weighted by molar-refractivity contribution is 0.0294. The molecule has 4 aliphatic heterocycles. The third kappa shape index (κ3) is 4.18. The van der Waals surface area contributed by atoms with Crippen LogP contribution in [-0.2, 0) is 4.74 Å². The van der Waals surface area contributed by atoms with Crippen molar-refractivity contribution in [2.45, 2.75) is 43.5 Å². The van der Waals surface area contributed by atoms with Gasteiger partial charge in [-0.2, -0.15) is 4.98 Å². The highest BCUT2D eigenvalue weighted by atomic mass is 35.5. The van der Waals surface area contributed by atoms with Crippen LogP contribution in [0.3, 0.4) is 0 Å². The predicted octanol–water partition coefficient (Wildman–Crippen LogP) is 3.30. The summed E-state index contributed by atoms with van der Waals surface area (Å²) < 4.78 is 29.4. The molecule has 2 aromatic carbocycles. The zero-order valence-corrected chi connectivity index (χ0v) is 23.7. The van der Waals surface area contributed by atoms with Gasteiger partial charge in [0.15, 0.2) is 10.9 Å². The van der Waals surface area contributed by atoms with Gasteiger partial charge in [-0.1, -0.05) is 22.9 Å². The van der Waals surface area contributed by atoms with E-state index in [1.54, 1.807) is 10.6 Å². The van der Waals surface area contributed by atoms with Crippen molar-refractivity contribution in [2.24, 2.45) is 0 Å². The second-order valence-corrected chi connectivity index (χ2v) is 12.8. The first-order chi connectivity index (χ1) is 19.9. The largest absolute Gasteiger partial charge is 0.488 e. The van der Waals surface area contributed by atoms with Crippen molar-refractivity contribution in [1.82, 2.24) is 25.2 Å². The number of halogens is 2. The van der Waals surface area contributed by atoms with Crippen molar-refractivity contribution in [3.8, 4) is 16.9 Å². The number of thiazole rings is 1. The topological polar surface area (TPSA) is 120 Å². The Labute approximate surface area is 243 Å². The first-order valence-electron chi connectivity index (χ1n) is 14.0. The third-order valence-electron chi connectivity index (χ3n) is 8.72. The highest BCUT2D eigenvalue weighted by molar-refractivity contribution is 7.22. The molecule has 13 heteroatoms. The number of ether oxygens (including phenoxy) is 2. The molecule has 0 radical (unpaired) electrons. The van der Waals surface area contributed by atoms with Crippen LogP contribution in [0.15, 0.2) is 23.0 Å². The van der Waals surface area contributed by atoms with E-state index in [-0.39, 0.29) is 29.6 Å². The first-order valence-corrected chi connectivity index (χ1v) is 15.2. The molecule has 3 unspecified atom stereocenters. The fourth-order valence-corrected chi connectivity index (χ4v) is 7.92. The minimum Gasteiger partial charge on any atom is -0.488 e. The van der Waals surface area contributed by atoms with Gasteiger partial charge in [0.05, 0.1) is 39.5 Å². The molecule has 0 spiro atoms. The molecular weight excluding hydrogens is 569 g/mol. The van der Waals surface area contributed by atoms with Gasteiger partial charge in [0.1, 0.15) is 18.2 Å². The molecule has 4 N–H and O–H groups in total. The summed E-state index contributed by atoms with van der Waals surface area (Å²) in [6, 6.07) is 5.24. The van der Waals surface area contributed by atoms with E-state index in [0.29, 0.717) is 62.1 Å². The summed E-state index contributed by atoms with van der Waals surface area (Å²) in [5.74, 6) is 0.672. The molecule has 2 bridgehead atoms. The lowest BCUT2D eigenvalue weighted by atomic mass is 9.99. The molecule has 4 atom stereocenters. The Kier molecular flexibility index (Phi) is 6.12. The van der Waals surface area contributed by atoms with Gasteiger partial charge in [-0.3, -0.25) is 4.57 Å². The Balaban J connectivity index is 1.34. The van der Waals surface area contributed by atoms with E-state index in [1.165, 1.54) is 6.07 Å². The van der Waals surface area contributed by atoms with Gasteiger partial charge in [0, 0.05) is 48.2 Å². The second kappa shape index (κ2) is 9.77. The van der Waals surface area contributed by atoms with Gasteiger partial charge in [-0.05, 0) is 44.0 Å². The van der Waals surface area contributed by atoms with E-state index < -0.39 is 5.82 Å². The Morgan fingerprint density at radius 1 is 1.22 bits per heavy atom. The number of nitrogens with two attached hydrogens (primary N) is 1. The van der Waals surface area contributed by atoms with Gasteiger partial charge in [-0.25, -0.2) is 14.2 Å². The number of fused-ring (bicyclic) bond motifs is 3. The maximum Gasteiger partial charge on any atom is 0.350 e. The van der Waals surface area contributed by atoms with Gasteiger partial charge in [0.25, 0.3) is 0 Å². The molecule has 2 aromatic heterocycles. The molecule has 0 saturated carbocycles. The van der Waals surface area contributed by atoms with Crippen LogP contribution in [0.5, 0.6) is 5.75 Å². The molecule has 0 aliphatic carbocycles.